The van der Waals surface area contributed by atoms with E-state index in [1.54, 1.807) is 29.2 Å². The van der Waals surface area contributed by atoms with E-state index in [1.165, 1.54) is 0 Å². The average molecular weight is 258 g/mol. The normalized spacial score (nSPS) is 12.2. The van der Waals surface area contributed by atoms with Crippen molar-refractivity contribution in [3.05, 3.63) is 29.3 Å². The summed E-state index contributed by atoms with van der Waals surface area (Å²) < 4.78 is 0. The maximum absolute atomic E-state index is 10.8. The van der Waals surface area contributed by atoms with Crippen LogP contribution in [0, 0.1) is 5.92 Å². The third-order valence-electron chi connectivity index (χ3n) is 2.34. The molecule has 1 atom stereocenters. The molecule has 4 nitrogen and oxygen atoms in total. The number of hydrogen-bond donors (Lipinski definition) is 2. The van der Waals surface area contributed by atoms with Gasteiger partial charge in [0.2, 0.25) is 0 Å². The van der Waals surface area contributed by atoms with Crippen molar-refractivity contribution >= 4 is 23.3 Å². The molecule has 0 bridgehead atoms. The van der Waals surface area contributed by atoms with E-state index in [1.807, 2.05) is 6.92 Å². The Morgan fingerprint density at radius 2 is 2.24 bits per heavy atom. The fourth-order valence-corrected chi connectivity index (χ4v) is 1.72. The molecule has 0 radical (unpaired) electrons. The lowest BCUT2D eigenvalue weighted by Crippen LogP contribution is -2.34. The largest absolute Gasteiger partial charge is 0.480 e. The minimum absolute atomic E-state index is 0.00771. The van der Waals surface area contributed by atoms with Gasteiger partial charge in [-0.1, -0.05) is 24.6 Å². The lowest BCUT2D eigenvalue weighted by molar-refractivity contribution is -0.135. The van der Waals surface area contributed by atoms with Crippen LogP contribution in [0.3, 0.4) is 0 Å². The highest BCUT2D eigenvalue weighted by Crippen LogP contribution is 2.20. The third kappa shape index (κ3) is 4.63. The summed E-state index contributed by atoms with van der Waals surface area (Å²) in [6.45, 7) is 2.25. The molecule has 0 aliphatic heterocycles. The van der Waals surface area contributed by atoms with Gasteiger partial charge >= 0.3 is 5.97 Å². The van der Waals surface area contributed by atoms with Gasteiger partial charge in [-0.05, 0) is 24.1 Å². The highest BCUT2D eigenvalue weighted by atomic mass is 35.5. The maximum Gasteiger partial charge on any atom is 0.323 e. The second-order valence-electron chi connectivity index (χ2n) is 4.04. The van der Waals surface area contributed by atoms with E-state index >= 15 is 0 Å². The topological polar surface area (TPSA) is 60.8 Å². The first-order valence-corrected chi connectivity index (χ1v) is 5.74. The predicted octanol–water partition coefficient (Wildman–Crippen LogP) is 1.86. The van der Waals surface area contributed by atoms with E-state index in [9.17, 15) is 4.79 Å². The Kier molecular flexibility index (Phi) is 5.25. The number of aliphatic hydroxyl groups is 1. The van der Waals surface area contributed by atoms with Crippen molar-refractivity contribution in [2.45, 2.75) is 6.92 Å². The van der Waals surface area contributed by atoms with Crippen LogP contribution in [0.25, 0.3) is 0 Å². The second-order valence-corrected chi connectivity index (χ2v) is 4.48. The van der Waals surface area contributed by atoms with E-state index in [-0.39, 0.29) is 19.1 Å². The molecule has 0 aliphatic carbocycles. The molecule has 94 valence electrons. The van der Waals surface area contributed by atoms with Gasteiger partial charge in [0, 0.05) is 23.9 Å². The Bertz CT molecular complexity index is 384. The fraction of sp³-hybridized carbons (Fsp3) is 0.417. The maximum atomic E-state index is 10.8. The van der Waals surface area contributed by atoms with Crippen LogP contribution in [0.5, 0.6) is 0 Å². The second kappa shape index (κ2) is 6.47. The summed E-state index contributed by atoms with van der Waals surface area (Å²) >= 11 is 5.87. The summed E-state index contributed by atoms with van der Waals surface area (Å²) in [4.78, 5) is 12.5. The minimum atomic E-state index is -0.907. The van der Waals surface area contributed by atoms with Crippen molar-refractivity contribution in [1.29, 1.82) is 0 Å². The Labute approximate surface area is 105 Å². The molecule has 0 amide bonds. The smallest absolute Gasteiger partial charge is 0.323 e. The van der Waals surface area contributed by atoms with Gasteiger partial charge in [0.15, 0.2) is 0 Å². The molecule has 17 heavy (non-hydrogen) atoms. The molecule has 0 saturated carbocycles. The highest BCUT2D eigenvalue weighted by molar-refractivity contribution is 6.30. The molecule has 0 aromatic heterocycles. The molecule has 0 aliphatic rings. The molecule has 1 rings (SSSR count). The standard InChI is InChI=1S/C12H16ClNO3/c1-9(8-15)6-14(7-12(16)17)11-4-2-3-10(13)5-11/h2-5,9,15H,6-8H2,1H3,(H,16,17). The number of benzene rings is 1. The lowest BCUT2D eigenvalue weighted by atomic mass is 10.1. The summed E-state index contributed by atoms with van der Waals surface area (Å²) in [7, 11) is 0. The van der Waals surface area contributed by atoms with Crippen molar-refractivity contribution in [2.75, 3.05) is 24.6 Å². The van der Waals surface area contributed by atoms with Crippen LogP contribution in [0.4, 0.5) is 5.69 Å². The quantitative estimate of drug-likeness (QED) is 0.817. The van der Waals surface area contributed by atoms with E-state index in [4.69, 9.17) is 21.8 Å². The number of carboxylic acids is 1. The SMILES string of the molecule is CC(CO)CN(CC(=O)O)c1cccc(Cl)c1. The molecule has 1 unspecified atom stereocenters. The Morgan fingerprint density at radius 3 is 2.76 bits per heavy atom. The molecule has 0 fully saturated rings. The van der Waals surface area contributed by atoms with Crippen LogP contribution >= 0.6 is 11.6 Å². The number of rotatable bonds is 6. The number of aliphatic hydroxyl groups excluding tert-OH is 1. The van der Waals surface area contributed by atoms with Crippen LogP contribution in [0.2, 0.25) is 5.02 Å². The Balaban J connectivity index is 2.85. The van der Waals surface area contributed by atoms with Gasteiger partial charge < -0.3 is 15.1 Å². The zero-order chi connectivity index (χ0) is 12.8. The van der Waals surface area contributed by atoms with Crippen LogP contribution in [0.15, 0.2) is 24.3 Å². The van der Waals surface area contributed by atoms with Gasteiger partial charge in [0.25, 0.3) is 0 Å². The van der Waals surface area contributed by atoms with E-state index < -0.39 is 5.97 Å². The van der Waals surface area contributed by atoms with E-state index in [0.29, 0.717) is 11.6 Å². The predicted molar refractivity (Wildman–Crippen MR) is 67.6 cm³/mol. The van der Waals surface area contributed by atoms with Crippen molar-refractivity contribution < 1.29 is 15.0 Å². The molecular weight excluding hydrogens is 242 g/mol. The van der Waals surface area contributed by atoms with E-state index in [2.05, 4.69) is 0 Å². The fourth-order valence-electron chi connectivity index (χ4n) is 1.53. The van der Waals surface area contributed by atoms with Crippen molar-refractivity contribution in [3.8, 4) is 0 Å². The summed E-state index contributed by atoms with van der Waals surface area (Å²) in [5.74, 6) is -0.900. The van der Waals surface area contributed by atoms with Crippen LogP contribution in [0.1, 0.15) is 6.92 Å². The molecule has 2 N–H and O–H groups in total. The summed E-state index contributed by atoms with van der Waals surface area (Å²) in [5.41, 5.74) is 0.750. The molecule has 0 spiro atoms. The molecule has 0 saturated heterocycles. The van der Waals surface area contributed by atoms with Gasteiger partial charge in [-0.25, -0.2) is 0 Å². The monoisotopic (exact) mass is 257 g/mol. The Hall–Kier alpha value is -1.26. The number of hydrogen-bond acceptors (Lipinski definition) is 3. The Morgan fingerprint density at radius 1 is 1.53 bits per heavy atom. The summed E-state index contributed by atoms with van der Waals surface area (Å²) in [6, 6.07) is 7.03. The number of halogens is 1. The molecule has 5 heteroatoms. The minimum Gasteiger partial charge on any atom is -0.480 e. The third-order valence-corrected chi connectivity index (χ3v) is 2.58. The first kappa shape index (κ1) is 13.8. The van der Waals surface area contributed by atoms with E-state index in [0.717, 1.165) is 5.69 Å². The van der Waals surface area contributed by atoms with Crippen LogP contribution < -0.4 is 4.90 Å². The summed E-state index contributed by atoms with van der Waals surface area (Å²) in [5, 5.41) is 18.4. The van der Waals surface area contributed by atoms with Gasteiger partial charge in [-0.15, -0.1) is 0 Å². The van der Waals surface area contributed by atoms with Crippen molar-refractivity contribution in [1.82, 2.24) is 0 Å². The number of anilines is 1. The first-order chi connectivity index (χ1) is 8.02. The number of nitrogens with zero attached hydrogens (tertiary/aromatic N) is 1. The molecule has 0 heterocycles. The first-order valence-electron chi connectivity index (χ1n) is 5.36. The van der Waals surface area contributed by atoms with Gasteiger partial charge in [-0.3, -0.25) is 4.79 Å². The van der Waals surface area contributed by atoms with Gasteiger partial charge in [0.05, 0.1) is 0 Å². The summed E-state index contributed by atoms with van der Waals surface area (Å²) in [6.07, 6.45) is 0. The number of carboxylic acid groups (broad SMARTS) is 1. The highest BCUT2D eigenvalue weighted by Gasteiger charge is 2.14. The zero-order valence-corrected chi connectivity index (χ0v) is 10.4. The van der Waals surface area contributed by atoms with Crippen LogP contribution in [-0.2, 0) is 4.79 Å². The zero-order valence-electron chi connectivity index (χ0n) is 9.64. The number of carbonyl (C=O) groups is 1. The average Bonchev–Trinajstić information content (AvgIpc) is 2.27. The molecular formula is C12H16ClNO3. The van der Waals surface area contributed by atoms with Crippen molar-refractivity contribution in [2.24, 2.45) is 5.92 Å². The van der Waals surface area contributed by atoms with Gasteiger partial charge in [-0.2, -0.15) is 0 Å². The molecule has 1 aromatic rings. The lowest BCUT2D eigenvalue weighted by Gasteiger charge is -2.25. The van der Waals surface area contributed by atoms with Crippen LogP contribution in [-0.4, -0.2) is 35.9 Å². The molecule has 1 aromatic carbocycles. The van der Waals surface area contributed by atoms with Crippen molar-refractivity contribution in [3.63, 3.8) is 0 Å². The van der Waals surface area contributed by atoms with Gasteiger partial charge in [0.1, 0.15) is 6.54 Å². The number of aliphatic carboxylic acids is 1.